The second kappa shape index (κ2) is 6.29. The Kier molecular flexibility index (Phi) is 4.47. The van der Waals surface area contributed by atoms with Crippen LogP contribution in [0.5, 0.6) is 0 Å². The van der Waals surface area contributed by atoms with Crippen LogP contribution in [0, 0.1) is 6.92 Å². The van der Waals surface area contributed by atoms with Gasteiger partial charge in [-0.25, -0.2) is 0 Å². The third-order valence-electron chi connectivity index (χ3n) is 2.77. The molecule has 0 spiro atoms. The summed E-state index contributed by atoms with van der Waals surface area (Å²) in [5.74, 6) is 0.836. The van der Waals surface area contributed by atoms with Gasteiger partial charge in [0.15, 0.2) is 5.82 Å². The van der Waals surface area contributed by atoms with Crippen LogP contribution in [-0.4, -0.2) is 33.8 Å². The summed E-state index contributed by atoms with van der Waals surface area (Å²) in [6, 6.07) is 6.92. The van der Waals surface area contributed by atoms with Crippen molar-refractivity contribution in [2.75, 3.05) is 6.54 Å². The molecule has 0 radical (unpaired) electrons. The van der Waals surface area contributed by atoms with E-state index in [0.29, 0.717) is 30.2 Å². The number of nitrogens with zero attached hydrogens (tertiary/aromatic N) is 2. The standard InChI is InChI=1S/C14H17N3O3/c1-9(18)7-8-15-13(19)11-3-5-12(6-4-11)14-16-10(2)17-20-14/h3-6,9,18H,7-8H2,1-2H3,(H,15,19). The van der Waals surface area contributed by atoms with Gasteiger partial charge in [0.05, 0.1) is 6.10 Å². The van der Waals surface area contributed by atoms with Crippen LogP contribution >= 0.6 is 0 Å². The van der Waals surface area contributed by atoms with Gasteiger partial charge in [0, 0.05) is 17.7 Å². The molecule has 1 atom stereocenters. The molecule has 1 heterocycles. The molecule has 6 nitrogen and oxygen atoms in total. The molecule has 106 valence electrons. The molecule has 2 N–H and O–H groups in total. The Bertz CT molecular complexity index is 576. The van der Waals surface area contributed by atoms with E-state index in [0.717, 1.165) is 5.56 Å². The smallest absolute Gasteiger partial charge is 0.257 e. The largest absolute Gasteiger partial charge is 0.393 e. The summed E-state index contributed by atoms with van der Waals surface area (Å²) in [7, 11) is 0. The van der Waals surface area contributed by atoms with Crippen molar-refractivity contribution in [3.8, 4) is 11.5 Å². The van der Waals surface area contributed by atoms with Crippen LogP contribution < -0.4 is 5.32 Å². The number of aliphatic hydroxyl groups is 1. The number of carbonyl (C=O) groups is 1. The zero-order chi connectivity index (χ0) is 14.5. The Morgan fingerprint density at radius 3 is 2.65 bits per heavy atom. The maximum atomic E-state index is 11.8. The average molecular weight is 275 g/mol. The van der Waals surface area contributed by atoms with Gasteiger partial charge in [-0.3, -0.25) is 4.79 Å². The van der Waals surface area contributed by atoms with E-state index < -0.39 is 6.10 Å². The lowest BCUT2D eigenvalue weighted by atomic mass is 10.1. The van der Waals surface area contributed by atoms with Crippen molar-refractivity contribution in [2.24, 2.45) is 0 Å². The second-order valence-electron chi connectivity index (χ2n) is 4.62. The zero-order valence-electron chi connectivity index (χ0n) is 11.5. The first-order chi connectivity index (χ1) is 9.56. The number of benzene rings is 1. The van der Waals surface area contributed by atoms with E-state index in [4.69, 9.17) is 9.63 Å². The van der Waals surface area contributed by atoms with E-state index in [1.165, 1.54) is 0 Å². The lowest BCUT2D eigenvalue weighted by molar-refractivity contribution is 0.0945. The van der Waals surface area contributed by atoms with Crippen LogP contribution in [-0.2, 0) is 0 Å². The van der Waals surface area contributed by atoms with Gasteiger partial charge in [0.2, 0.25) is 0 Å². The van der Waals surface area contributed by atoms with Gasteiger partial charge < -0.3 is 14.9 Å². The van der Waals surface area contributed by atoms with E-state index >= 15 is 0 Å². The van der Waals surface area contributed by atoms with Gasteiger partial charge in [-0.15, -0.1) is 0 Å². The van der Waals surface area contributed by atoms with Crippen LogP contribution in [0.4, 0.5) is 0 Å². The summed E-state index contributed by atoms with van der Waals surface area (Å²) >= 11 is 0. The predicted molar refractivity (Wildman–Crippen MR) is 73.1 cm³/mol. The SMILES string of the molecule is Cc1noc(-c2ccc(C(=O)NCCC(C)O)cc2)n1. The highest BCUT2D eigenvalue weighted by Crippen LogP contribution is 2.17. The van der Waals surface area contributed by atoms with Crippen LogP contribution in [0.2, 0.25) is 0 Å². The van der Waals surface area contributed by atoms with Crippen molar-refractivity contribution in [3.63, 3.8) is 0 Å². The minimum Gasteiger partial charge on any atom is -0.393 e. The average Bonchev–Trinajstić information content (AvgIpc) is 2.85. The molecule has 0 aliphatic heterocycles. The fraction of sp³-hybridized carbons (Fsp3) is 0.357. The number of hydrogen-bond acceptors (Lipinski definition) is 5. The second-order valence-corrected chi connectivity index (χ2v) is 4.62. The number of carbonyl (C=O) groups excluding carboxylic acids is 1. The molecule has 1 amide bonds. The fourth-order valence-electron chi connectivity index (χ4n) is 1.68. The minimum absolute atomic E-state index is 0.168. The first-order valence-electron chi connectivity index (χ1n) is 6.43. The van der Waals surface area contributed by atoms with Crippen LogP contribution in [0.1, 0.15) is 29.5 Å². The van der Waals surface area contributed by atoms with Crippen LogP contribution in [0.15, 0.2) is 28.8 Å². The molecule has 0 bridgehead atoms. The number of aryl methyl sites for hydroxylation is 1. The summed E-state index contributed by atoms with van der Waals surface area (Å²) < 4.78 is 5.05. The lowest BCUT2D eigenvalue weighted by Crippen LogP contribution is -2.26. The lowest BCUT2D eigenvalue weighted by Gasteiger charge is -2.06. The Morgan fingerprint density at radius 2 is 2.10 bits per heavy atom. The Labute approximate surface area is 116 Å². The molecular formula is C14H17N3O3. The number of aromatic nitrogens is 2. The van der Waals surface area contributed by atoms with Crippen molar-refractivity contribution in [3.05, 3.63) is 35.7 Å². The molecule has 1 aromatic carbocycles. The van der Waals surface area contributed by atoms with Gasteiger partial charge in [-0.05, 0) is 44.5 Å². The first-order valence-corrected chi connectivity index (χ1v) is 6.43. The summed E-state index contributed by atoms with van der Waals surface area (Å²) in [6.07, 6.45) is 0.115. The molecule has 1 unspecified atom stereocenters. The van der Waals surface area contributed by atoms with E-state index in [-0.39, 0.29) is 5.91 Å². The summed E-state index contributed by atoms with van der Waals surface area (Å²) in [4.78, 5) is 16.0. The van der Waals surface area contributed by atoms with Crippen LogP contribution in [0.25, 0.3) is 11.5 Å². The maximum absolute atomic E-state index is 11.8. The highest BCUT2D eigenvalue weighted by Gasteiger charge is 2.09. The number of nitrogens with one attached hydrogen (secondary N) is 1. The highest BCUT2D eigenvalue weighted by molar-refractivity contribution is 5.94. The normalized spacial score (nSPS) is 12.2. The molecular weight excluding hydrogens is 258 g/mol. The quantitative estimate of drug-likeness (QED) is 0.864. The topological polar surface area (TPSA) is 88.2 Å². The van der Waals surface area contributed by atoms with E-state index in [1.54, 1.807) is 38.1 Å². The van der Waals surface area contributed by atoms with E-state index in [9.17, 15) is 4.79 Å². The molecule has 20 heavy (non-hydrogen) atoms. The molecule has 2 aromatic rings. The van der Waals surface area contributed by atoms with E-state index in [1.807, 2.05) is 0 Å². The molecule has 0 saturated carbocycles. The molecule has 0 aliphatic rings. The van der Waals surface area contributed by atoms with Gasteiger partial charge in [0.1, 0.15) is 0 Å². The third kappa shape index (κ3) is 3.64. The van der Waals surface area contributed by atoms with E-state index in [2.05, 4.69) is 15.5 Å². The van der Waals surface area contributed by atoms with Crippen molar-refractivity contribution < 1.29 is 14.4 Å². The van der Waals surface area contributed by atoms with Crippen molar-refractivity contribution in [2.45, 2.75) is 26.4 Å². The zero-order valence-corrected chi connectivity index (χ0v) is 11.5. The Morgan fingerprint density at radius 1 is 1.40 bits per heavy atom. The van der Waals surface area contributed by atoms with Crippen molar-refractivity contribution in [1.82, 2.24) is 15.5 Å². The van der Waals surface area contributed by atoms with Crippen LogP contribution in [0.3, 0.4) is 0 Å². The Hall–Kier alpha value is -2.21. The molecule has 0 fully saturated rings. The monoisotopic (exact) mass is 275 g/mol. The number of hydrogen-bond donors (Lipinski definition) is 2. The number of rotatable bonds is 5. The third-order valence-corrected chi connectivity index (χ3v) is 2.77. The Balaban J connectivity index is 1.99. The molecule has 0 aliphatic carbocycles. The number of aliphatic hydroxyl groups excluding tert-OH is 1. The summed E-state index contributed by atoms with van der Waals surface area (Å²) in [5, 5.41) is 15.6. The van der Waals surface area contributed by atoms with Crippen molar-refractivity contribution >= 4 is 5.91 Å². The first kappa shape index (κ1) is 14.2. The van der Waals surface area contributed by atoms with Crippen molar-refractivity contribution in [1.29, 1.82) is 0 Å². The van der Waals surface area contributed by atoms with Gasteiger partial charge in [-0.1, -0.05) is 5.16 Å². The van der Waals surface area contributed by atoms with Gasteiger partial charge in [0.25, 0.3) is 11.8 Å². The predicted octanol–water partition coefficient (Wildman–Crippen LogP) is 1.55. The molecule has 1 aromatic heterocycles. The summed E-state index contributed by atoms with van der Waals surface area (Å²) in [6.45, 7) is 3.88. The summed E-state index contributed by atoms with van der Waals surface area (Å²) in [5.41, 5.74) is 1.32. The molecule has 6 heteroatoms. The minimum atomic E-state index is -0.418. The molecule has 0 saturated heterocycles. The fourth-order valence-corrected chi connectivity index (χ4v) is 1.68. The van der Waals surface area contributed by atoms with Gasteiger partial charge in [-0.2, -0.15) is 4.98 Å². The molecule has 2 rings (SSSR count). The van der Waals surface area contributed by atoms with Gasteiger partial charge >= 0.3 is 0 Å². The number of amides is 1. The maximum Gasteiger partial charge on any atom is 0.257 e. The highest BCUT2D eigenvalue weighted by atomic mass is 16.5.